The topological polar surface area (TPSA) is 99.1 Å². The van der Waals surface area contributed by atoms with Crippen molar-refractivity contribution in [1.29, 1.82) is 5.41 Å². The molecule has 1 aromatic heterocycles. The van der Waals surface area contributed by atoms with E-state index < -0.39 is 0 Å². The second-order valence-electron chi connectivity index (χ2n) is 6.38. The van der Waals surface area contributed by atoms with Crippen LogP contribution in [0.2, 0.25) is 0 Å². The maximum Gasteiger partial charge on any atom is 0.320 e. The molecule has 1 atom stereocenters. The molecule has 0 fully saturated rings. The van der Waals surface area contributed by atoms with E-state index in [1.807, 2.05) is 38.2 Å². The first kappa shape index (κ1) is 21.4. The third-order valence-corrected chi connectivity index (χ3v) is 4.23. The molecule has 0 saturated carbocycles. The molecule has 0 radical (unpaired) electrons. The summed E-state index contributed by atoms with van der Waals surface area (Å²) in [7, 11) is 0. The molecule has 2 bridgehead atoms. The van der Waals surface area contributed by atoms with Gasteiger partial charge in [-0.25, -0.2) is 9.78 Å². The summed E-state index contributed by atoms with van der Waals surface area (Å²) in [6.07, 6.45) is 10.3. The van der Waals surface area contributed by atoms with Crippen LogP contribution in [0.15, 0.2) is 42.5 Å². The first-order chi connectivity index (χ1) is 13.6. The van der Waals surface area contributed by atoms with Gasteiger partial charge in [-0.15, -0.1) is 0 Å². The van der Waals surface area contributed by atoms with Crippen LogP contribution in [-0.4, -0.2) is 43.0 Å². The molecule has 0 spiro atoms. The number of carbonyl (C=O) groups excluding carboxylic acids is 1. The maximum absolute atomic E-state index is 12.5. The number of aryl methyl sites for hydroxylation is 1. The van der Waals surface area contributed by atoms with Gasteiger partial charge in [0.2, 0.25) is 0 Å². The van der Waals surface area contributed by atoms with Gasteiger partial charge in [-0.05, 0) is 38.3 Å². The first-order valence-electron chi connectivity index (χ1n) is 9.50. The Hall–Kier alpha value is -2.93. The highest BCUT2D eigenvalue weighted by Gasteiger charge is 2.18. The summed E-state index contributed by atoms with van der Waals surface area (Å²) in [4.78, 5) is 17.1. The van der Waals surface area contributed by atoms with Crippen LogP contribution in [0.3, 0.4) is 0 Å². The van der Waals surface area contributed by atoms with Gasteiger partial charge >= 0.3 is 6.03 Å². The minimum absolute atomic E-state index is 0.344. The van der Waals surface area contributed by atoms with Gasteiger partial charge in [0.15, 0.2) is 0 Å². The smallest absolute Gasteiger partial charge is 0.320 e. The molecule has 2 rings (SSSR count). The lowest BCUT2D eigenvalue weighted by Crippen LogP contribution is -2.42. The summed E-state index contributed by atoms with van der Waals surface area (Å²) in [5.74, 6) is 0.419. The highest BCUT2D eigenvalue weighted by Crippen LogP contribution is 2.23. The van der Waals surface area contributed by atoms with Crippen molar-refractivity contribution < 1.29 is 9.53 Å². The lowest BCUT2D eigenvalue weighted by Gasteiger charge is -2.22. The number of ether oxygens (including phenoxy) is 1. The summed E-state index contributed by atoms with van der Waals surface area (Å²) in [5.41, 5.74) is 3.09. The fourth-order valence-corrected chi connectivity index (χ4v) is 2.86. The Bertz CT molecular complexity index is 770. The molecule has 1 aromatic rings. The number of fused-ring (bicyclic) bond motifs is 2. The lowest BCUT2D eigenvalue weighted by molar-refractivity contribution is 0.119. The summed E-state index contributed by atoms with van der Waals surface area (Å²) < 4.78 is 5.77. The SMILES string of the molecule is C=C(/C=C\C=C/C)[C@H]1COCCCc2nc(cc(C=N)c2NCC)NC(=O)N1. The van der Waals surface area contributed by atoms with Crippen molar-refractivity contribution in [1.82, 2.24) is 10.3 Å². The zero-order chi connectivity index (χ0) is 20.4. The Morgan fingerprint density at radius 2 is 2.32 bits per heavy atom. The van der Waals surface area contributed by atoms with Gasteiger partial charge in [0, 0.05) is 24.9 Å². The van der Waals surface area contributed by atoms with Crippen LogP contribution in [0.5, 0.6) is 0 Å². The van der Waals surface area contributed by atoms with Gasteiger partial charge in [-0.2, -0.15) is 0 Å². The normalized spacial score (nSPS) is 18.1. The largest absolute Gasteiger partial charge is 0.383 e. The maximum atomic E-state index is 12.5. The number of allylic oxidation sites excluding steroid dienone is 3. The van der Waals surface area contributed by atoms with E-state index in [4.69, 9.17) is 10.1 Å². The van der Waals surface area contributed by atoms with E-state index in [2.05, 4.69) is 27.5 Å². The standard InChI is InChI=1S/C21H29N5O2/c1-4-6-7-9-15(3)18-14-28-11-8-10-17-20(23-5-2)16(13-22)12-19(24-17)26-21(27)25-18/h4,6-7,9,12-13,18,22-23H,3,5,8,10-11,14H2,1-2H3,(H2,24,25,26,27)/b6-4-,9-7-,22-13?/t18-/m1/s1. The third kappa shape index (κ3) is 6.06. The number of amides is 2. The Balaban J connectivity index is 2.26. The summed E-state index contributed by atoms with van der Waals surface area (Å²) in [5, 5.41) is 16.6. The van der Waals surface area contributed by atoms with E-state index in [-0.39, 0.29) is 12.1 Å². The molecule has 7 nitrogen and oxygen atoms in total. The number of carbonyl (C=O) groups is 1. The Morgan fingerprint density at radius 3 is 3.04 bits per heavy atom. The molecule has 7 heteroatoms. The van der Waals surface area contributed by atoms with E-state index in [0.717, 1.165) is 29.9 Å². The molecule has 0 aliphatic carbocycles. The lowest BCUT2D eigenvalue weighted by atomic mass is 10.1. The first-order valence-corrected chi connectivity index (χ1v) is 9.50. The Labute approximate surface area is 166 Å². The van der Waals surface area contributed by atoms with E-state index >= 15 is 0 Å². The van der Waals surface area contributed by atoms with Crippen molar-refractivity contribution in [3.63, 3.8) is 0 Å². The number of anilines is 2. The monoisotopic (exact) mass is 383 g/mol. The summed E-state index contributed by atoms with van der Waals surface area (Å²) in [6, 6.07) is 0.968. The van der Waals surface area contributed by atoms with E-state index in [0.29, 0.717) is 31.0 Å². The van der Waals surface area contributed by atoms with Crippen molar-refractivity contribution in [2.24, 2.45) is 0 Å². The number of hydrogen-bond donors (Lipinski definition) is 4. The molecule has 0 saturated heterocycles. The predicted octanol–water partition coefficient (Wildman–Crippen LogP) is 3.65. The van der Waals surface area contributed by atoms with Crippen LogP contribution in [0, 0.1) is 5.41 Å². The van der Waals surface area contributed by atoms with E-state index in [1.54, 1.807) is 6.07 Å². The second-order valence-corrected chi connectivity index (χ2v) is 6.38. The van der Waals surface area contributed by atoms with Crippen LogP contribution in [0.1, 0.15) is 31.5 Å². The fraction of sp³-hybridized carbons (Fsp3) is 0.381. The molecule has 28 heavy (non-hydrogen) atoms. The quantitative estimate of drug-likeness (QED) is 0.445. The number of aromatic nitrogens is 1. The Kier molecular flexibility index (Phi) is 8.42. The van der Waals surface area contributed by atoms with E-state index in [9.17, 15) is 4.79 Å². The van der Waals surface area contributed by atoms with Gasteiger partial charge in [0.25, 0.3) is 0 Å². The van der Waals surface area contributed by atoms with Gasteiger partial charge in [-0.1, -0.05) is 30.9 Å². The van der Waals surface area contributed by atoms with Crippen molar-refractivity contribution in [2.75, 3.05) is 30.4 Å². The zero-order valence-corrected chi connectivity index (χ0v) is 16.5. The molecular weight excluding hydrogens is 354 g/mol. The Morgan fingerprint density at radius 1 is 1.50 bits per heavy atom. The minimum atomic E-state index is -0.389. The number of nitrogens with zero attached hydrogens (tertiary/aromatic N) is 1. The second kappa shape index (κ2) is 11.0. The zero-order valence-electron chi connectivity index (χ0n) is 16.5. The molecule has 150 valence electrons. The van der Waals surface area contributed by atoms with Gasteiger partial charge < -0.3 is 20.8 Å². The van der Waals surface area contributed by atoms with Crippen molar-refractivity contribution >= 4 is 23.8 Å². The minimum Gasteiger partial charge on any atom is -0.383 e. The van der Waals surface area contributed by atoms with Gasteiger partial charge in [0.1, 0.15) is 5.82 Å². The molecule has 4 N–H and O–H groups in total. The number of nitrogens with one attached hydrogen (secondary N) is 4. The molecule has 1 aliphatic rings. The molecular formula is C21H29N5O2. The van der Waals surface area contributed by atoms with Crippen LogP contribution in [-0.2, 0) is 11.2 Å². The van der Waals surface area contributed by atoms with Gasteiger partial charge in [0.05, 0.1) is 24.0 Å². The average molecular weight is 383 g/mol. The third-order valence-electron chi connectivity index (χ3n) is 4.23. The van der Waals surface area contributed by atoms with Crippen molar-refractivity contribution in [2.45, 2.75) is 32.7 Å². The number of pyridine rings is 1. The number of hydrogen-bond acceptors (Lipinski definition) is 5. The van der Waals surface area contributed by atoms with Crippen LogP contribution >= 0.6 is 0 Å². The highest BCUT2D eigenvalue weighted by atomic mass is 16.5. The average Bonchev–Trinajstić information content (AvgIpc) is 2.67. The fourth-order valence-electron chi connectivity index (χ4n) is 2.86. The number of urea groups is 1. The van der Waals surface area contributed by atoms with Gasteiger partial charge in [-0.3, -0.25) is 5.32 Å². The summed E-state index contributed by atoms with van der Waals surface area (Å²) in [6.45, 7) is 9.59. The van der Waals surface area contributed by atoms with Crippen LogP contribution in [0.25, 0.3) is 0 Å². The van der Waals surface area contributed by atoms with Crippen molar-refractivity contribution in [3.8, 4) is 0 Å². The predicted molar refractivity (Wildman–Crippen MR) is 114 cm³/mol. The molecule has 2 heterocycles. The van der Waals surface area contributed by atoms with Crippen molar-refractivity contribution in [3.05, 3.63) is 53.8 Å². The molecule has 0 aromatic carbocycles. The van der Waals surface area contributed by atoms with Crippen LogP contribution in [0.4, 0.5) is 16.3 Å². The molecule has 0 unspecified atom stereocenters. The summed E-state index contributed by atoms with van der Waals surface area (Å²) >= 11 is 0. The highest BCUT2D eigenvalue weighted by molar-refractivity contribution is 5.92. The molecule has 2 amide bonds. The van der Waals surface area contributed by atoms with E-state index in [1.165, 1.54) is 6.21 Å². The molecule has 1 aliphatic heterocycles. The van der Waals surface area contributed by atoms with Crippen LogP contribution < -0.4 is 16.0 Å². The number of rotatable bonds is 6.